The number of esters is 1. The molecule has 0 unspecified atom stereocenters. The van der Waals surface area contributed by atoms with Gasteiger partial charge in [0.1, 0.15) is 5.75 Å². The van der Waals surface area contributed by atoms with Crippen LogP contribution in [0.25, 0.3) is 0 Å². The van der Waals surface area contributed by atoms with Crippen LogP contribution in [0.5, 0.6) is 5.75 Å². The fourth-order valence-electron chi connectivity index (χ4n) is 2.56. The zero-order valence-corrected chi connectivity index (χ0v) is 14.4. The predicted octanol–water partition coefficient (Wildman–Crippen LogP) is 3.43. The van der Waals surface area contributed by atoms with Crippen LogP contribution in [0.4, 0.5) is 5.69 Å². The third-order valence-corrected chi connectivity index (χ3v) is 4.10. The number of benzene rings is 2. The van der Waals surface area contributed by atoms with Gasteiger partial charge in [-0.2, -0.15) is 0 Å². The number of carbonyl (C=O) groups excluding carboxylic acids is 1. The molecule has 0 spiro atoms. The van der Waals surface area contributed by atoms with Gasteiger partial charge in [0.2, 0.25) is 0 Å². The lowest BCUT2D eigenvalue weighted by Gasteiger charge is -2.35. The summed E-state index contributed by atoms with van der Waals surface area (Å²) in [7, 11) is 4.47. The summed E-state index contributed by atoms with van der Waals surface area (Å²) < 4.78 is 15.7. The Morgan fingerprint density at radius 3 is 2.12 bits per heavy atom. The first-order valence-electron chi connectivity index (χ1n) is 7.64. The highest BCUT2D eigenvalue weighted by molar-refractivity contribution is 5.81. The van der Waals surface area contributed by atoms with E-state index in [-0.39, 0.29) is 0 Å². The third kappa shape index (κ3) is 3.68. The van der Waals surface area contributed by atoms with E-state index in [0.29, 0.717) is 0 Å². The molecule has 5 nitrogen and oxygen atoms in total. The number of carbonyl (C=O) groups is 1. The lowest BCUT2D eigenvalue weighted by atomic mass is 9.89. The van der Waals surface area contributed by atoms with E-state index in [2.05, 4.69) is 5.32 Å². The van der Waals surface area contributed by atoms with E-state index in [1.165, 1.54) is 14.2 Å². The first kappa shape index (κ1) is 17.8. The Labute approximate surface area is 142 Å². The average Bonchev–Trinajstić information content (AvgIpc) is 2.65. The molecule has 0 saturated heterocycles. The molecular weight excluding hydrogens is 306 g/mol. The van der Waals surface area contributed by atoms with Gasteiger partial charge in [-0.3, -0.25) is 0 Å². The normalized spacial score (nSPS) is 14.3. The molecule has 2 aromatic carbocycles. The Bertz CT molecular complexity index is 657. The van der Waals surface area contributed by atoms with Gasteiger partial charge in [-0.25, -0.2) is 4.79 Å². The number of methoxy groups -OCH3 is 3. The monoisotopic (exact) mass is 329 g/mol. The van der Waals surface area contributed by atoms with E-state index >= 15 is 0 Å². The second kappa shape index (κ2) is 7.84. The van der Waals surface area contributed by atoms with Gasteiger partial charge in [0.15, 0.2) is 5.60 Å². The van der Waals surface area contributed by atoms with Crippen molar-refractivity contribution in [3.05, 3.63) is 60.2 Å². The summed E-state index contributed by atoms with van der Waals surface area (Å²) in [4.78, 5) is 12.4. The number of para-hydroxylation sites is 1. The fraction of sp³-hybridized carbons (Fsp3) is 0.316. The Morgan fingerprint density at radius 1 is 1.00 bits per heavy atom. The van der Waals surface area contributed by atoms with Crippen molar-refractivity contribution in [2.24, 2.45) is 0 Å². The van der Waals surface area contributed by atoms with Crippen LogP contribution in [0.1, 0.15) is 18.5 Å². The zero-order valence-electron chi connectivity index (χ0n) is 14.4. The molecule has 0 radical (unpaired) electrons. The van der Waals surface area contributed by atoms with Gasteiger partial charge >= 0.3 is 5.97 Å². The molecule has 0 saturated carbocycles. The van der Waals surface area contributed by atoms with Gasteiger partial charge in [0, 0.05) is 12.8 Å². The molecule has 24 heavy (non-hydrogen) atoms. The number of rotatable bonds is 7. The topological polar surface area (TPSA) is 56.8 Å². The van der Waals surface area contributed by atoms with E-state index in [0.717, 1.165) is 17.0 Å². The lowest BCUT2D eigenvalue weighted by molar-refractivity contribution is -0.166. The molecule has 0 aliphatic carbocycles. The first-order valence-corrected chi connectivity index (χ1v) is 7.64. The molecular formula is C19H23NO4. The maximum absolute atomic E-state index is 12.4. The Kier molecular flexibility index (Phi) is 5.82. The summed E-state index contributed by atoms with van der Waals surface area (Å²) in [5.74, 6) is 0.295. The van der Waals surface area contributed by atoms with Gasteiger partial charge < -0.3 is 19.5 Å². The zero-order chi connectivity index (χ0) is 17.6. The van der Waals surface area contributed by atoms with Crippen molar-refractivity contribution < 1.29 is 19.0 Å². The van der Waals surface area contributed by atoms with Crippen LogP contribution in [0.15, 0.2) is 54.6 Å². The molecule has 0 aromatic heterocycles. The highest BCUT2D eigenvalue weighted by Gasteiger charge is 2.44. The number of ether oxygens (including phenoxy) is 3. The maximum Gasteiger partial charge on any atom is 0.340 e. The quantitative estimate of drug-likeness (QED) is 0.789. The molecule has 1 N–H and O–H groups in total. The van der Waals surface area contributed by atoms with Crippen molar-refractivity contribution >= 4 is 11.7 Å². The van der Waals surface area contributed by atoms with E-state index < -0.39 is 17.6 Å². The van der Waals surface area contributed by atoms with Crippen LogP contribution in [-0.2, 0) is 14.3 Å². The van der Waals surface area contributed by atoms with Gasteiger partial charge in [-0.15, -0.1) is 0 Å². The minimum Gasteiger partial charge on any atom is -0.497 e. The number of hydrogen-bond acceptors (Lipinski definition) is 5. The standard InChI is InChI=1S/C19H23NO4/c1-19(24-4,18(21)23-3)17(20-15-8-6-5-7-9-15)14-10-12-16(22-2)13-11-14/h5-13,17,20H,1-4H3/t17-,19+/m1/s1. The lowest BCUT2D eigenvalue weighted by Crippen LogP contribution is -2.47. The molecule has 0 amide bonds. The molecule has 0 fully saturated rings. The van der Waals surface area contributed by atoms with Crippen LogP contribution >= 0.6 is 0 Å². The number of hydrogen-bond donors (Lipinski definition) is 1. The first-order chi connectivity index (χ1) is 11.5. The molecule has 2 atom stereocenters. The molecule has 0 aliphatic heterocycles. The van der Waals surface area contributed by atoms with Crippen molar-refractivity contribution in [2.75, 3.05) is 26.6 Å². The number of nitrogens with one attached hydrogen (secondary N) is 1. The molecule has 2 aromatic rings. The second-order valence-electron chi connectivity index (χ2n) is 5.52. The summed E-state index contributed by atoms with van der Waals surface area (Å²) in [6.07, 6.45) is 0. The predicted molar refractivity (Wildman–Crippen MR) is 93.2 cm³/mol. The van der Waals surface area contributed by atoms with Gasteiger partial charge in [-0.1, -0.05) is 30.3 Å². The van der Waals surface area contributed by atoms with E-state index in [1.807, 2.05) is 54.6 Å². The largest absolute Gasteiger partial charge is 0.497 e. The van der Waals surface area contributed by atoms with Crippen molar-refractivity contribution in [1.29, 1.82) is 0 Å². The smallest absolute Gasteiger partial charge is 0.340 e. The summed E-state index contributed by atoms with van der Waals surface area (Å²) in [5.41, 5.74) is 0.569. The van der Waals surface area contributed by atoms with E-state index in [9.17, 15) is 4.79 Å². The van der Waals surface area contributed by atoms with E-state index in [4.69, 9.17) is 14.2 Å². The summed E-state index contributed by atoms with van der Waals surface area (Å²) in [6.45, 7) is 1.71. The molecule has 5 heteroatoms. The highest BCUT2D eigenvalue weighted by Crippen LogP contribution is 2.34. The highest BCUT2D eigenvalue weighted by atomic mass is 16.6. The summed E-state index contributed by atoms with van der Waals surface area (Å²) in [5, 5.41) is 3.37. The third-order valence-electron chi connectivity index (χ3n) is 4.10. The van der Waals surface area contributed by atoms with Crippen LogP contribution in [0, 0.1) is 0 Å². The van der Waals surface area contributed by atoms with E-state index in [1.54, 1.807) is 14.0 Å². The fourth-order valence-corrected chi connectivity index (χ4v) is 2.56. The van der Waals surface area contributed by atoms with Crippen LogP contribution in [0.2, 0.25) is 0 Å². The Hall–Kier alpha value is -2.53. The van der Waals surface area contributed by atoms with Gasteiger partial charge in [0.05, 0.1) is 20.3 Å². The van der Waals surface area contributed by atoms with Crippen molar-refractivity contribution in [2.45, 2.75) is 18.6 Å². The number of anilines is 1. The molecule has 128 valence electrons. The second-order valence-corrected chi connectivity index (χ2v) is 5.52. The Morgan fingerprint density at radius 2 is 1.62 bits per heavy atom. The molecule has 0 aliphatic rings. The van der Waals surface area contributed by atoms with Gasteiger partial charge in [-0.05, 0) is 36.8 Å². The minimum atomic E-state index is -1.20. The molecule has 0 bridgehead atoms. The Balaban J connectivity index is 2.45. The molecule has 2 rings (SSSR count). The minimum absolute atomic E-state index is 0.441. The van der Waals surface area contributed by atoms with Crippen molar-refractivity contribution in [3.8, 4) is 5.75 Å². The summed E-state index contributed by atoms with van der Waals surface area (Å²) >= 11 is 0. The van der Waals surface area contributed by atoms with Crippen LogP contribution < -0.4 is 10.1 Å². The van der Waals surface area contributed by atoms with Crippen LogP contribution in [0.3, 0.4) is 0 Å². The average molecular weight is 329 g/mol. The summed E-state index contributed by atoms with van der Waals surface area (Å²) in [6, 6.07) is 16.7. The van der Waals surface area contributed by atoms with Crippen LogP contribution in [-0.4, -0.2) is 32.9 Å². The SMILES string of the molecule is COC(=O)[C@@](C)(OC)[C@H](Nc1ccccc1)c1ccc(OC)cc1. The molecule has 0 heterocycles. The maximum atomic E-state index is 12.4. The van der Waals surface area contributed by atoms with Crippen molar-refractivity contribution in [3.63, 3.8) is 0 Å². The van der Waals surface area contributed by atoms with Crippen molar-refractivity contribution in [1.82, 2.24) is 0 Å². The van der Waals surface area contributed by atoms with Gasteiger partial charge in [0.25, 0.3) is 0 Å².